The number of benzene rings is 1. The van der Waals surface area contributed by atoms with Gasteiger partial charge in [-0.1, -0.05) is 6.42 Å². The lowest BCUT2D eigenvalue weighted by molar-refractivity contribution is -0.131. The topological polar surface area (TPSA) is 91.4 Å². The molecule has 180 valence electrons. The lowest BCUT2D eigenvalue weighted by Crippen LogP contribution is -2.47. The van der Waals surface area contributed by atoms with E-state index in [1.807, 2.05) is 0 Å². The Morgan fingerprint density at radius 1 is 1.03 bits per heavy atom. The fourth-order valence-corrected chi connectivity index (χ4v) is 5.81. The van der Waals surface area contributed by atoms with E-state index in [4.69, 9.17) is 9.47 Å². The summed E-state index contributed by atoms with van der Waals surface area (Å²) in [5.41, 5.74) is 0. The Hall–Kier alpha value is -1.88. The molecule has 0 aliphatic carbocycles. The number of carbonyl (C=O) groups excluding carboxylic acids is 1. The van der Waals surface area contributed by atoms with E-state index < -0.39 is 10.0 Å². The highest BCUT2D eigenvalue weighted by molar-refractivity contribution is 7.89. The molecular formula is C22H36N4O5S. The fraction of sp³-hybridized carbons (Fsp3) is 0.682. The molecule has 32 heavy (non-hydrogen) atoms. The van der Waals surface area contributed by atoms with Crippen molar-refractivity contribution in [3.05, 3.63) is 18.2 Å². The summed E-state index contributed by atoms with van der Waals surface area (Å²) in [6.07, 6.45) is 3.65. The predicted molar refractivity (Wildman–Crippen MR) is 123 cm³/mol. The van der Waals surface area contributed by atoms with Gasteiger partial charge in [0.2, 0.25) is 15.9 Å². The highest BCUT2D eigenvalue weighted by Gasteiger charge is 2.30. The lowest BCUT2D eigenvalue weighted by atomic mass is 10.1. The molecule has 2 heterocycles. The molecule has 2 fully saturated rings. The number of rotatable bonds is 10. The van der Waals surface area contributed by atoms with Crippen molar-refractivity contribution in [1.29, 1.82) is 0 Å². The molecule has 1 amide bonds. The molecule has 2 saturated heterocycles. The summed E-state index contributed by atoms with van der Waals surface area (Å²) in [5, 5.41) is 3.23. The SMILES string of the molecule is COc1ccc(OC)c(S(=O)(=O)N(CCC(=O)N2CCNCC2)CCN2CCCCC2)c1. The van der Waals surface area contributed by atoms with Crippen LogP contribution in [0.4, 0.5) is 0 Å². The van der Waals surface area contributed by atoms with Crippen LogP contribution in [0.15, 0.2) is 23.1 Å². The first-order valence-electron chi connectivity index (χ1n) is 11.4. The molecule has 2 aliphatic rings. The molecule has 0 atom stereocenters. The average Bonchev–Trinajstić information content (AvgIpc) is 2.84. The number of nitrogens with one attached hydrogen (secondary N) is 1. The van der Waals surface area contributed by atoms with Gasteiger partial charge in [-0.15, -0.1) is 0 Å². The maximum atomic E-state index is 13.7. The summed E-state index contributed by atoms with van der Waals surface area (Å²) in [6.45, 7) is 5.93. The first-order chi connectivity index (χ1) is 15.5. The Morgan fingerprint density at radius 2 is 1.75 bits per heavy atom. The lowest BCUT2D eigenvalue weighted by Gasteiger charge is -2.31. The van der Waals surface area contributed by atoms with Gasteiger partial charge in [0, 0.05) is 58.3 Å². The first-order valence-corrected chi connectivity index (χ1v) is 12.8. The Morgan fingerprint density at radius 3 is 2.41 bits per heavy atom. The van der Waals surface area contributed by atoms with Crippen LogP contribution in [0, 0.1) is 0 Å². The maximum absolute atomic E-state index is 13.7. The Bertz CT molecular complexity index is 852. The van der Waals surface area contributed by atoms with E-state index in [1.165, 1.54) is 31.0 Å². The van der Waals surface area contributed by atoms with Crippen molar-refractivity contribution >= 4 is 15.9 Å². The molecule has 0 spiro atoms. The van der Waals surface area contributed by atoms with E-state index in [0.717, 1.165) is 39.0 Å². The van der Waals surface area contributed by atoms with E-state index in [2.05, 4.69) is 10.2 Å². The van der Waals surface area contributed by atoms with Crippen LogP contribution in [-0.4, -0.2) is 102 Å². The number of nitrogens with zero attached hydrogens (tertiary/aromatic N) is 3. The average molecular weight is 469 g/mol. The molecule has 0 radical (unpaired) electrons. The van der Waals surface area contributed by atoms with E-state index in [9.17, 15) is 13.2 Å². The highest BCUT2D eigenvalue weighted by atomic mass is 32.2. The van der Waals surface area contributed by atoms with Crippen LogP contribution in [0.3, 0.4) is 0 Å². The van der Waals surface area contributed by atoms with Crippen molar-refractivity contribution in [1.82, 2.24) is 19.4 Å². The zero-order chi connectivity index (χ0) is 23.0. The molecule has 0 saturated carbocycles. The van der Waals surface area contributed by atoms with Crippen molar-refractivity contribution in [2.75, 3.05) is 73.1 Å². The molecule has 9 nitrogen and oxygen atoms in total. The number of carbonyl (C=O) groups is 1. The number of hydrogen-bond donors (Lipinski definition) is 1. The van der Waals surface area contributed by atoms with E-state index in [0.29, 0.717) is 31.9 Å². The standard InChI is InChI=1S/C22H36N4O5S/c1-30-19-6-7-20(31-2)21(18-19)32(28,29)26(17-16-24-11-4-3-5-12-24)13-8-22(27)25-14-9-23-10-15-25/h6-7,18,23H,3-5,8-17H2,1-2H3. The minimum atomic E-state index is -3.89. The van der Waals surface area contributed by atoms with Crippen molar-refractivity contribution in [3.63, 3.8) is 0 Å². The molecule has 1 aromatic rings. The van der Waals surface area contributed by atoms with Crippen molar-refractivity contribution in [2.45, 2.75) is 30.6 Å². The monoisotopic (exact) mass is 468 g/mol. The smallest absolute Gasteiger partial charge is 0.246 e. The number of piperidine rings is 1. The first kappa shape index (κ1) is 24.8. The van der Waals surface area contributed by atoms with Gasteiger partial charge < -0.3 is 24.6 Å². The summed E-state index contributed by atoms with van der Waals surface area (Å²) in [7, 11) is -0.935. The molecule has 2 aliphatic heterocycles. The maximum Gasteiger partial charge on any atom is 0.246 e. The van der Waals surface area contributed by atoms with Crippen LogP contribution in [0.2, 0.25) is 0 Å². The molecule has 1 N–H and O–H groups in total. The van der Waals surface area contributed by atoms with Crippen LogP contribution in [0.5, 0.6) is 11.5 Å². The van der Waals surface area contributed by atoms with Gasteiger partial charge in [-0.2, -0.15) is 4.31 Å². The van der Waals surface area contributed by atoms with Crippen LogP contribution in [-0.2, 0) is 14.8 Å². The molecule has 3 rings (SSSR count). The number of sulfonamides is 1. The molecular weight excluding hydrogens is 432 g/mol. The molecule has 0 unspecified atom stereocenters. The summed E-state index contributed by atoms with van der Waals surface area (Å²) >= 11 is 0. The van der Waals surface area contributed by atoms with Crippen LogP contribution in [0.1, 0.15) is 25.7 Å². The number of ether oxygens (including phenoxy) is 2. The van der Waals surface area contributed by atoms with Gasteiger partial charge in [0.15, 0.2) is 0 Å². The van der Waals surface area contributed by atoms with E-state index >= 15 is 0 Å². The highest BCUT2D eigenvalue weighted by Crippen LogP contribution is 2.30. The summed E-state index contributed by atoms with van der Waals surface area (Å²) < 4.78 is 39.4. The van der Waals surface area contributed by atoms with E-state index in [-0.39, 0.29) is 29.5 Å². The van der Waals surface area contributed by atoms with Gasteiger partial charge in [0.25, 0.3) is 0 Å². The van der Waals surface area contributed by atoms with Crippen LogP contribution >= 0.6 is 0 Å². The number of hydrogen-bond acceptors (Lipinski definition) is 7. The summed E-state index contributed by atoms with van der Waals surface area (Å²) in [6, 6.07) is 4.75. The van der Waals surface area contributed by atoms with Gasteiger partial charge in [-0.25, -0.2) is 8.42 Å². The number of piperazine rings is 1. The Kier molecular flexibility index (Phi) is 9.15. The number of amides is 1. The minimum absolute atomic E-state index is 0.0118. The third kappa shape index (κ3) is 6.34. The minimum Gasteiger partial charge on any atom is -0.497 e. The van der Waals surface area contributed by atoms with Crippen LogP contribution in [0.25, 0.3) is 0 Å². The second-order valence-electron chi connectivity index (χ2n) is 8.20. The second-order valence-corrected chi connectivity index (χ2v) is 10.1. The van der Waals surface area contributed by atoms with Crippen molar-refractivity contribution < 1.29 is 22.7 Å². The number of methoxy groups -OCH3 is 2. The Labute approximate surface area is 191 Å². The summed E-state index contributed by atoms with van der Waals surface area (Å²) in [4.78, 5) is 16.9. The van der Waals surface area contributed by atoms with E-state index in [1.54, 1.807) is 17.0 Å². The fourth-order valence-electron chi connectivity index (χ4n) is 4.21. The molecule has 0 bridgehead atoms. The van der Waals surface area contributed by atoms with Gasteiger partial charge in [-0.05, 0) is 38.1 Å². The van der Waals surface area contributed by atoms with Gasteiger partial charge in [0.1, 0.15) is 16.4 Å². The van der Waals surface area contributed by atoms with Gasteiger partial charge >= 0.3 is 0 Å². The normalized spacial score (nSPS) is 18.0. The summed E-state index contributed by atoms with van der Waals surface area (Å²) in [5.74, 6) is 0.696. The molecule has 0 aromatic heterocycles. The van der Waals surface area contributed by atoms with Crippen molar-refractivity contribution in [2.24, 2.45) is 0 Å². The number of likely N-dealkylation sites (tertiary alicyclic amines) is 1. The van der Waals surface area contributed by atoms with Gasteiger partial charge in [-0.3, -0.25) is 4.79 Å². The van der Waals surface area contributed by atoms with Gasteiger partial charge in [0.05, 0.1) is 14.2 Å². The molecule has 1 aromatic carbocycles. The zero-order valence-corrected chi connectivity index (χ0v) is 20.0. The quantitative estimate of drug-likeness (QED) is 0.548. The Balaban J connectivity index is 1.78. The second kappa shape index (κ2) is 11.8. The predicted octanol–water partition coefficient (Wildman–Crippen LogP) is 1.00. The third-order valence-electron chi connectivity index (χ3n) is 6.15. The third-order valence-corrected chi connectivity index (χ3v) is 8.07. The molecule has 10 heteroatoms. The zero-order valence-electron chi connectivity index (χ0n) is 19.2. The van der Waals surface area contributed by atoms with Crippen molar-refractivity contribution in [3.8, 4) is 11.5 Å². The van der Waals surface area contributed by atoms with Crippen LogP contribution < -0.4 is 14.8 Å². The largest absolute Gasteiger partial charge is 0.497 e.